The molecule has 0 aliphatic rings. The third-order valence-corrected chi connectivity index (χ3v) is 4.94. The molecule has 1 N–H and O–H groups in total. The van der Waals surface area contributed by atoms with Gasteiger partial charge in [0.15, 0.2) is 0 Å². The summed E-state index contributed by atoms with van der Waals surface area (Å²) in [7, 11) is 0. The van der Waals surface area contributed by atoms with Gasteiger partial charge in [-0.2, -0.15) is 0 Å². The molecular weight excluding hydrogens is 290 g/mol. The summed E-state index contributed by atoms with van der Waals surface area (Å²) in [5.74, 6) is -0.00847. The Labute approximate surface area is 134 Å². The van der Waals surface area contributed by atoms with Gasteiger partial charge >= 0.3 is 0 Å². The number of carbonyl (C=O) groups is 1. The van der Waals surface area contributed by atoms with E-state index in [0.717, 1.165) is 15.6 Å². The normalized spacial score (nSPS) is 12.3. The molecule has 3 rings (SSSR count). The number of benzene rings is 2. The van der Waals surface area contributed by atoms with Crippen molar-refractivity contribution in [1.29, 1.82) is 0 Å². The van der Waals surface area contributed by atoms with E-state index >= 15 is 0 Å². The topological polar surface area (TPSA) is 29.1 Å². The maximum absolute atomic E-state index is 12.6. The van der Waals surface area contributed by atoms with Crippen LogP contribution in [0.5, 0.6) is 0 Å². The minimum absolute atomic E-state index is 0.00828. The van der Waals surface area contributed by atoms with Crippen LogP contribution in [-0.4, -0.2) is 5.91 Å². The average Bonchev–Trinajstić information content (AvgIpc) is 2.93. The summed E-state index contributed by atoms with van der Waals surface area (Å²) in [5, 5.41) is 6.09. The highest BCUT2D eigenvalue weighted by Crippen LogP contribution is 2.26. The summed E-state index contributed by atoms with van der Waals surface area (Å²) >= 11 is 1.61. The van der Waals surface area contributed by atoms with Gasteiger partial charge in [-0.25, -0.2) is 0 Å². The van der Waals surface area contributed by atoms with Crippen molar-refractivity contribution in [2.45, 2.75) is 26.8 Å². The van der Waals surface area contributed by atoms with E-state index in [2.05, 4.69) is 37.4 Å². The molecule has 3 heteroatoms. The van der Waals surface area contributed by atoms with Gasteiger partial charge in [-0.3, -0.25) is 4.79 Å². The van der Waals surface area contributed by atoms with Gasteiger partial charge in [0.1, 0.15) is 0 Å². The second-order valence-corrected chi connectivity index (χ2v) is 6.61. The van der Waals surface area contributed by atoms with Gasteiger partial charge in [-0.15, -0.1) is 11.3 Å². The van der Waals surface area contributed by atoms with Gasteiger partial charge in [-0.05, 0) is 38.0 Å². The van der Waals surface area contributed by atoms with E-state index in [1.165, 1.54) is 16.7 Å². The number of rotatable bonds is 3. The first kappa shape index (κ1) is 14.8. The molecule has 1 aromatic heterocycles. The van der Waals surface area contributed by atoms with Crippen LogP contribution >= 0.6 is 11.3 Å². The second-order valence-electron chi connectivity index (χ2n) is 5.70. The van der Waals surface area contributed by atoms with Crippen LogP contribution in [0.4, 0.5) is 0 Å². The highest BCUT2D eigenvalue weighted by atomic mass is 32.1. The van der Waals surface area contributed by atoms with Crippen molar-refractivity contribution in [1.82, 2.24) is 5.32 Å². The summed E-state index contributed by atoms with van der Waals surface area (Å²) in [6.07, 6.45) is 0. The summed E-state index contributed by atoms with van der Waals surface area (Å²) in [5.41, 5.74) is 4.35. The SMILES string of the molecule is Cc1ccc(C)c([C@H](C)NC(=O)c2csc3ccccc23)c1. The molecule has 0 fully saturated rings. The Hall–Kier alpha value is -2.13. The van der Waals surface area contributed by atoms with Crippen LogP contribution in [0.1, 0.15) is 40.0 Å². The van der Waals surface area contributed by atoms with Crippen molar-refractivity contribution in [3.63, 3.8) is 0 Å². The molecular formula is C19H19NOS. The van der Waals surface area contributed by atoms with E-state index in [4.69, 9.17) is 0 Å². The van der Waals surface area contributed by atoms with E-state index < -0.39 is 0 Å². The molecule has 2 aromatic carbocycles. The lowest BCUT2D eigenvalue weighted by molar-refractivity contribution is 0.0942. The number of hydrogen-bond donors (Lipinski definition) is 1. The Morgan fingerprint density at radius 1 is 1.14 bits per heavy atom. The van der Waals surface area contributed by atoms with E-state index in [-0.39, 0.29) is 11.9 Å². The van der Waals surface area contributed by atoms with Crippen LogP contribution < -0.4 is 5.32 Å². The van der Waals surface area contributed by atoms with Crippen molar-refractivity contribution >= 4 is 27.3 Å². The van der Waals surface area contributed by atoms with Crippen LogP contribution in [0.15, 0.2) is 47.8 Å². The van der Waals surface area contributed by atoms with Crippen molar-refractivity contribution < 1.29 is 4.79 Å². The van der Waals surface area contributed by atoms with Gasteiger partial charge in [-0.1, -0.05) is 42.0 Å². The van der Waals surface area contributed by atoms with Gasteiger partial charge in [0.05, 0.1) is 11.6 Å². The molecule has 0 aliphatic heterocycles. The van der Waals surface area contributed by atoms with Gasteiger partial charge < -0.3 is 5.32 Å². The number of carbonyl (C=O) groups excluding carboxylic acids is 1. The predicted molar refractivity (Wildman–Crippen MR) is 93.6 cm³/mol. The van der Waals surface area contributed by atoms with E-state index in [9.17, 15) is 4.79 Å². The third-order valence-electron chi connectivity index (χ3n) is 3.97. The minimum atomic E-state index is -0.00847. The summed E-state index contributed by atoms with van der Waals surface area (Å²) in [4.78, 5) is 12.6. The average molecular weight is 309 g/mol. The van der Waals surface area contributed by atoms with Crippen LogP contribution in [0.2, 0.25) is 0 Å². The monoisotopic (exact) mass is 309 g/mol. The van der Waals surface area contributed by atoms with Crippen LogP contribution in [0.25, 0.3) is 10.1 Å². The molecule has 3 aromatic rings. The first-order chi connectivity index (χ1) is 10.6. The lowest BCUT2D eigenvalue weighted by Crippen LogP contribution is -2.27. The minimum Gasteiger partial charge on any atom is -0.345 e. The van der Waals surface area contributed by atoms with Crippen LogP contribution in [-0.2, 0) is 0 Å². The first-order valence-electron chi connectivity index (χ1n) is 7.40. The van der Waals surface area contributed by atoms with Crippen molar-refractivity contribution in [2.24, 2.45) is 0 Å². The molecule has 0 unspecified atom stereocenters. The maximum atomic E-state index is 12.6. The molecule has 22 heavy (non-hydrogen) atoms. The van der Waals surface area contributed by atoms with Crippen LogP contribution in [0.3, 0.4) is 0 Å². The molecule has 0 saturated carbocycles. The summed E-state index contributed by atoms with van der Waals surface area (Å²) in [6.45, 7) is 6.19. The highest BCUT2D eigenvalue weighted by Gasteiger charge is 2.16. The third kappa shape index (κ3) is 2.77. The fraction of sp³-hybridized carbons (Fsp3) is 0.211. The molecule has 0 aliphatic carbocycles. The fourth-order valence-corrected chi connectivity index (χ4v) is 3.67. The smallest absolute Gasteiger partial charge is 0.253 e. The molecule has 0 saturated heterocycles. The van der Waals surface area contributed by atoms with E-state index in [1.54, 1.807) is 11.3 Å². The van der Waals surface area contributed by atoms with Gasteiger partial charge in [0.25, 0.3) is 5.91 Å². The number of amides is 1. The van der Waals surface area contributed by atoms with Gasteiger partial charge in [0.2, 0.25) is 0 Å². The largest absolute Gasteiger partial charge is 0.345 e. The fourth-order valence-electron chi connectivity index (χ4n) is 2.73. The Morgan fingerprint density at radius 2 is 1.91 bits per heavy atom. The molecule has 2 nitrogen and oxygen atoms in total. The van der Waals surface area contributed by atoms with E-state index in [1.807, 2.05) is 36.6 Å². The number of thiophene rings is 1. The Balaban J connectivity index is 1.86. The molecule has 112 valence electrons. The Kier molecular flexibility index (Phi) is 3.99. The zero-order valence-corrected chi connectivity index (χ0v) is 13.8. The first-order valence-corrected chi connectivity index (χ1v) is 8.28. The van der Waals surface area contributed by atoms with Gasteiger partial charge in [0, 0.05) is 15.5 Å². The second kappa shape index (κ2) is 5.93. The maximum Gasteiger partial charge on any atom is 0.253 e. The molecule has 0 bridgehead atoms. The van der Waals surface area contributed by atoms with E-state index in [0.29, 0.717) is 0 Å². The molecule has 0 radical (unpaired) electrons. The quantitative estimate of drug-likeness (QED) is 0.724. The number of fused-ring (bicyclic) bond motifs is 1. The number of aryl methyl sites for hydroxylation is 2. The predicted octanol–water partition coefficient (Wildman–Crippen LogP) is 5.01. The molecule has 1 heterocycles. The highest BCUT2D eigenvalue weighted by molar-refractivity contribution is 7.17. The standard InChI is InChI=1S/C19H19NOS/c1-12-8-9-13(2)16(10-12)14(3)20-19(21)17-11-22-18-7-5-4-6-15(17)18/h4-11,14H,1-3H3,(H,20,21)/t14-/m0/s1. The van der Waals surface area contributed by atoms with Crippen molar-refractivity contribution in [2.75, 3.05) is 0 Å². The molecule has 1 atom stereocenters. The van der Waals surface area contributed by atoms with Crippen molar-refractivity contribution in [3.8, 4) is 0 Å². The molecule has 1 amide bonds. The summed E-state index contributed by atoms with van der Waals surface area (Å²) in [6, 6.07) is 14.4. The zero-order valence-electron chi connectivity index (χ0n) is 13.0. The number of nitrogens with one attached hydrogen (secondary N) is 1. The lowest BCUT2D eigenvalue weighted by Gasteiger charge is -2.17. The zero-order chi connectivity index (χ0) is 15.7. The Morgan fingerprint density at radius 3 is 2.73 bits per heavy atom. The molecule has 0 spiro atoms. The van der Waals surface area contributed by atoms with Crippen molar-refractivity contribution in [3.05, 3.63) is 70.1 Å². The number of hydrogen-bond acceptors (Lipinski definition) is 2. The van der Waals surface area contributed by atoms with Crippen LogP contribution in [0, 0.1) is 13.8 Å². The summed E-state index contributed by atoms with van der Waals surface area (Å²) < 4.78 is 1.15. The Bertz CT molecular complexity index is 834. The lowest BCUT2D eigenvalue weighted by atomic mass is 9.99.